The number of amides is 1. The Morgan fingerprint density at radius 1 is 1.08 bits per heavy atom. The standard InChI is InChI=1S/C30H34N4O4S/c1-21-20-37-18-17-34(21)27-19-26(30(15-16-30)39(36)25-9-5-6-10-25)32-28(33-27)22-11-13-23(14-12-22)31-29(35)38-24-7-3-2-4-8-24/h2-4,7-8,11-14,19,21,25H,5-6,9-10,15-18,20H2,1H3,(H,31,35)/t21-,39?/m0/s1. The van der Waals surface area contributed by atoms with Gasteiger partial charge < -0.3 is 14.4 Å². The van der Waals surface area contributed by atoms with E-state index in [1.54, 1.807) is 12.1 Å². The number of carbonyl (C=O) groups excluding carboxylic acids is 1. The zero-order valence-corrected chi connectivity index (χ0v) is 23.0. The molecule has 2 atom stereocenters. The van der Waals surface area contributed by atoms with Crippen molar-refractivity contribution in [2.75, 3.05) is 30.0 Å². The molecule has 39 heavy (non-hydrogen) atoms. The van der Waals surface area contributed by atoms with Gasteiger partial charge in [0.25, 0.3) is 0 Å². The second-order valence-electron chi connectivity index (χ2n) is 10.7. The molecule has 9 heteroatoms. The van der Waals surface area contributed by atoms with Crippen LogP contribution in [0.1, 0.15) is 51.1 Å². The third-order valence-corrected chi connectivity index (χ3v) is 10.3. The van der Waals surface area contributed by atoms with Crippen LogP contribution in [0.3, 0.4) is 0 Å². The zero-order valence-electron chi connectivity index (χ0n) is 22.2. The highest BCUT2D eigenvalue weighted by atomic mass is 32.2. The summed E-state index contributed by atoms with van der Waals surface area (Å²) in [7, 11) is -0.954. The lowest BCUT2D eigenvalue weighted by Gasteiger charge is -2.35. The van der Waals surface area contributed by atoms with E-state index in [0.717, 1.165) is 62.1 Å². The number of hydrogen-bond donors (Lipinski definition) is 1. The minimum absolute atomic E-state index is 0.187. The van der Waals surface area contributed by atoms with E-state index in [4.69, 9.17) is 19.4 Å². The fourth-order valence-electron chi connectivity index (χ4n) is 5.55. The summed E-state index contributed by atoms with van der Waals surface area (Å²) in [6.07, 6.45) is 5.66. The monoisotopic (exact) mass is 546 g/mol. The summed E-state index contributed by atoms with van der Waals surface area (Å²) in [6, 6.07) is 18.6. The lowest BCUT2D eigenvalue weighted by atomic mass is 10.1. The number of para-hydroxylation sites is 1. The number of carbonyl (C=O) groups is 1. The Morgan fingerprint density at radius 2 is 1.82 bits per heavy atom. The minimum atomic E-state index is -0.954. The highest BCUT2D eigenvalue weighted by Gasteiger charge is 2.54. The Bertz CT molecular complexity index is 1340. The fourth-order valence-corrected chi connectivity index (χ4v) is 7.76. The second kappa shape index (κ2) is 11.1. The van der Waals surface area contributed by atoms with Crippen molar-refractivity contribution >= 4 is 28.4 Å². The number of morpholine rings is 1. The number of aromatic nitrogens is 2. The van der Waals surface area contributed by atoms with Gasteiger partial charge in [0, 0.05) is 39.9 Å². The van der Waals surface area contributed by atoms with Crippen LogP contribution in [0.25, 0.3) is 11.4 Å². The van der Waals surface area contributed by atoms with Crippen molar-refractivity contribution in [3.8, 4) is 17.1 Å². The number of rotatable bonds is 7. The van der Waals surface area contributed by atoms with Gasteiger partial charge in [-0.3, -0.25) is 9.53 Å². The number of nitrogens with zero attached hydrogens (tertiary/aromatic N) is 3. The van der Waals surface area contributed by atoms with Gasteiger partial charge in [-0.2, -0.15) is 0 Å². The predicted octanol–water partition coefficient (Wildman–Crippen LogP) is 5.66. The van der Waals surface area contributed by atoms with E-state index >= 15 is 0 Å². The average molecular weight is 547 g/mol. The van der Waals surface area contributed by atoms with Crippen molar-refractivity contribution in [3.05, 3.63) is 66.4 Å². The first-order chi connectivity index (χ1) is 19.0. The van der Waals surface area contributed by atoms with Gasteiger partial charge in [0.05, 0.1) is 29.7 Å². The Balaban J connectivity index is 1.28. The molecule has 1 aliphatic heterocycles. The summed E-state index contributed by atoms with van der Waals surface area (Å²) < 4.78 is 24.4. The van der Waals surface area contributed by atoms with Gasteiger partial charge in [-0.25, -0.2) is 14.8 Å². The Morgan fingerprint density at radius 3 is 2.51 bits per heavy atom. The highest BCUT2D eigenvalue weighted by Crippen LogP contribution is 2.53. The zero-order chi connectivity index (χ0) is 26.8. The molecule has 2 saturated carbocycles. The SMILES string of the molecule is C[C@H]1COCCN1c1cc(C2(S(=O)C3CCCC3)CC2)nc(-c2ccc(NC(=O)Oc3ccccc3)cc2)n1. The van der Waals surface area contributed by atoms with Gasteiger partial charge in [0.1, 0.15) is 11.6 Å². The molecule has 6 rings (SSSR count). The molecule has 1 unspecified atom stereocenters. The number of benzene rings is 2. The molecular formula is C30H34N4O4S. The van der Waals surface area contributed by atoms with E-state index in [1.807, 2.05) is 42.5 Å². The Labute approximate surface area is 231 Å². The van der Waals surface area contributed by atoms with Crippen LogP contribution in [0, 0.1) is 0 Å². The number of anilines is 2. The van der Waals surface area contributed by atoms with Gasteiger partial charge in [-0.05, 0) is 69.0 Å². The molecule has 204 valence electrons. The number of hydrogen-bond acceptors (Lipinski definition) is 7. The molecule has 3 aromatic rings. The smallest absolute Gasteiger partial charge is 0.410 e. The Hall–Kier alpha value is -3.30. The summed E-state index contributed by atoms with van der Waals surface area (Å²) in [5.41, 5.74) is 2.34. The van der Waals surface area contributed by atoms with Crippen LogP contribution in [-0.2, 0) is 20.3 Å². The van der Waals surface area contributed by atoms with E-state index in [0.29, 0.717) is 30.5 Å². The lowest BCUT2D eigenvalue weighted by Crippen LogP contribution is -2.44. The van der Waals surface area contributed by atoms with Crippen LogP contribution in [0.2, 0.25) is 0 Å². The van der Waals surface area contributed by atoms with Crippen molar-refractivity contribution in [1.82, 2.24) is 9.97 Å². The van der Waals surface area contributed by atoms with Gasteiger partial charge in [0.15, 0.2) is 5.82 Å². The molecule has 1 aromatic heterocycles. The first-order valence-corrected chi connectivity index (χ1v) is 15.0. The van der Waals surface area contributed by atoms with Crippen LogP contribution < -0.4 is 15.0 Å². The third kappa shape index (κ3) is 5.56. The fraction of sp³-hybridized carbons (Fsp3) is 0.433. The molecule has 2 aliphatic carbocycles. The topological polar surface area (TPSA) is 93.7 Å². The number of nitrogens with one attached hydrogen (secondary N) is 1. The maximum atomic E-state index is 13.8. The molecule has 0 bridgehead atoms. The molecule has 2 heterocycles. The van der Waals surface area contributed by atoms with E-state index in [2.05, 4.69) is 23.2 Å². The first-order valence-electron chi connectivity index (χ1n) is 13.8. The normalized spacial score (nSPS) is 21.4. The van der Waals surface area contributed by atoms with Crippen molar-refractivity contribution in [1.29, 1.82) is 0 Å². The molecule has 0 spiro atoms. The van der Waals surface area contributed by atoms with Crippen molar-refractivity contribution in [2.24, 2.45) is 0 Å². The van der Waals surface area contributed by atoms with Gasteiger partial charge in [-0.1, -0.05) is 31.0 Å². The molecule has 3 fully saturated rings. The second-order valence-corrected chi connectivity index (χ2v) is 12.7. The van der Waals surface area contributed by atoms with Gasteiger partial charge in [-0.15, -0.1) is 0 Å². The molecular weight excluding hydrogens is 512 g/mol. The molecule has 0 radical (unpaired) electrons. The van der Waals surface area contributed by atoms with Crippen molar-refractivity contribution < 1.29 is 18.5 Å². The van der Waals surface area contributed by atoms with E-state index in [1.165, 1.54) is 0 Å². The van der Waals surface area contributed by atoms with Crippen LogP contribution >= 0.6 is 0 Å². The molecule has 8 nitrogen and oxygen atoms in total. The third-order valence-electron chi connectivity index (χ3n) is 7.88. The Kier molecular flexibility index (Phi) is 7.36. The highest BCUT2D eigenvalue weighted by molar-refractivity contribution is 7.87. The van der Waals surface area contributed by atoms with E-state index in [9.17, 15) is 9.00 Å². The number of ether oxygens (including phenoxy) is 2. The molecule has 1 amide bonds. The maximum absolute atomic E-state index is 13.8. The molecule has 2 aromatic carbocycles. The molecule has 3 aliphatic rings. The molecule has 1 saturated heterocycles. The maximum Gasteiger partial charge on any atom is 0.417 e. The summed E-state index contributed by atoms with van der Waals surface area (Å²) in [5, 5.41) is 3.03. The van der Waals surface area contributed by atoms with Gasteiger partial charge >= 0.3 is 6.09 Å². The average Bonchev–Trinajstić information content (AvgIpc) is 3.59. The van der Waals surface area contributed by atoms with Crippen LogP contribution in [0.4, 0.5) is 16.3 Å². The van der Waals surface area contributed by atoms with Crippen molar-refractivity contribution in [3.63, 3.8) is 0 Å². The largest absolute Gasteiger partial charge is 0.417 e. The van der Waals surface area contributed by atoms with Gasteiger partial charge in [0.2, 0.25) is 0 Å². The van der Waals surface area contributed by atoms with Crippen LogP contribution in [0.15, 0.2) is 60.7 Å². The van der Waals surface area contributed by atoms with E-state index < -0.39 is 16.9 Å². The summed E-state index contributed by atoms with van der Waals surface area (Å²) in [4.78, 5) is 24.6. The van der Waals surface area contributed by atoms with Crippen molar-refractivity contribution in [2.45, 2.75) is 61.5 Å². The summed E-state index contributed by atoms with van der Waals surface area (Å²) in [6.45, 7) is 4.19. The quantitative estimate of drug-likeness (QED) is 0.409. The predicted molar refractivity (Wildman–Crippen MR) is 152 cm³/mol. The lowest BCUT2D eigenvalue weighted by molar-refractivity contribution is 0.0985. The minimum Gasteiger partial charge on any atom is -0.410 e. The van der Waals surface area contributed by atoms with Crippen LogP contribution in [0.5, 0.6) is 5.75 Å². The first kappa shape index (κ1) is 26.0. The summed E-state index contributed by atoms with van der Waals surface area (Å²) >= 11 is 0. The van der Waals surface area contributed by atoms with E-state index in [-0.39, 0.29) is 16.0 Å². The molecule has 1 N–H and O–H groups in total. The summed E-state index contributed by atoms with van der Waals surface area (Å²) in [5.74, 6) is 1.94. The van der Waals surface area contributed by atoms with Crippen LogP contribution in [-0.4, -0.2) is 51.3 Å².